The van der Waals surface area contributed by atoms with E-state index in [0.29, 0.717) is 0 Å². The number of hydrogen-bond donors (Lipinski definition) is 0. The first kappa shape index (κ1) is 14.2. The Balaban J connectivity index is 1.76. The molecule has 0 fully saturated rings. The highest BCUT2D eigenvalue weighted by Crippen LogP contribution is 2.27. The first-order valence-corrected chi connectivity index (χ1v) is 8.00. The van der Waals surface area contributed by atoms with Crippen molar-refractivity contribution >= 4 is 17.5 Å². The van der Waals surface area contributed by atoms with Crippen LogP contribution in [0.4, 0.5) is 0 Å². The second-order valence-corrected chi connectivity index (χ2v) is 5.88. The average Bonchev–Trinajstić information content (AvgIpc) is 2.56. The lowest BCUT2D eigenvalue weighted by Crippen LogP contribution is -2.22. The summed E-state index contributed by atoms with van der Waals surface area (Å²) in [5.41, 5.74) is 2.19. The van der Waals surface area contributed by atoms with Gasteiger partial charge in [0.05, 0.1) is 0 Å². The maximum Gasteiger partial charge on any atom is 0.127 e. The maximum atomic E-state index is 5.81. The van der Waals surface area contributed by atoms with Crippen molar-refractivity contribution in [2.45, 2.75) is 5.37 Å². The Morgan fingerprint density at radius 3 is 2.48 bits per heavy atom. The molecule has 1 aliphatic rings. The van der Waals surface area contributed by atoms with Gasteiger partial charge in [-0.2, -0.15) is 18.8 Å². The summed E-state index contributed by atoms with van der Waals surface area (Å²) in [7, 11) is 1.85. The van der Waals surface area contributed by atoms with Crippen LogP contribution in [-0.2, 0) is 0 Å². The van der Waals surface area contributed by atoms with E-state index in [1.807, 2.05) is 61.3 Å². The molecule has 108 valence electrons. The number of likely N-dealkylation sites (N-methyl/N-ethyl adjacent to an activating group) is 1. The maximum absolute atomic E-state index is 5.81. The largest absolute Gasteiger partial charge is 0.648 e. The summed E-state index contributed by atoms with van der Waals surface area (Å²) >= 11 is 1.84. The van der Waals surface area contributed by atoms with E-state index in [-0.39, 0.29) is 5.37 Å². The summed E-state index contributed by atoms with van der Waals surface area (Å²) in [5, 5.41) is 4.55. The zero-order valence-corrected chi connectivity index (χ0v) is 12.7. The molecule has 1 unspecified atom stereocenters. The van der Waals surface area contributed by atoms with Crippen LogP contribution in [0.25, 0.3) is 5.32 Å². The fourth-order valence-electron chi connectivity index (χ4n) is 2.24. The standard InChI is InChI=1S/C17H17N2OS/c1-18-17-16(19-11-12-21-17)13-7-9-15(10-8-13)20-14-5-3-2-4-6-14/h2-10,17H,11-12H2,1H3/q-1. The average molecular weight is 297 g/mol. The number of thioether (sulfide) groups is 1. The van der Waals surface area contributed by atoms with Gasteiger partial charge in [0.15, 0.2) is 0 Å². The smallest absolute Gasteiger partial charge is 0.127 e. The van der Waals surface area contributed by atoms with Gasteiger partial charge >= 0.3 is 0 Å². The molecule has 0 bridgehead atoms. The molecule has 0 saturated carbocycles. The van der Waals surface area contributed by atoms with Crippen LogP contribution in [0.1, 0.15) is 5.56 Å². The number of nitrogens with zero attached hydrogens (tertiary/aromatic N) is 2. The van der Waals surface area contributed by atoms with E-state index in [0.717, 1.165) is 35.1 Å². The SMILES string of the molecule is C[N-]C1SCCN=C1c1ccc(Oc2ccccc2)cc1. The Hall–Kier alpha value is -1.78. The van der Waals surface area contributed by atoms with Gasteiger partial charge in [0.25, 0.3) is 0 Å². The molecule has 2 aromatic carbocycles. The third-order valence-corrected chi connectivity index (χ3v) is 4.41. The molecule has 0 N–H and O–H groups in total. The molecular weight excluding hydrogens is 280 g/mol. The van der Waals surface area contributed by atoms with Crippen molar-refractivity contribution in [3.05, 3.63) is 65.5 Å². The summed E-state index contributed by atoms with van der Waals surface area (Å²) in [4.78, 5) is 4.63. The van der Waals surface area contributed by atoms with Crippen molar-refractivity contribution < 1.29 is 4.74 Å². The lowest BCUT2D eigenvalue weighted by atomic mass is 10.1. The monoisotopic (exact) mass is 297 g/mol. The summed E-state index contributed by atoms with van der Waals surface area (Å²) in [6.45, 7) is 0.869. The van der Waals surface area contributed by atoms with Crippen molar-refractivity contribution in [2.75, 3.05) is 19.3 Å². The lowest BCUT2D eigenvalue weighted by molar-refractivity contribution is 0.482. The van der Waals surface area contributed by atoms with Crippen LogP contribution in [0.5, 0.6) is 11.5 Å². The molecule has 0 spiro atoms. The first-order valence-electron chi connectivity index (χ1n) is 6.95. The normalized spacial score (nSPS) is 18.1. The molecule has 1 aliphatic heterocycles. The second-order valence-electron chi connectivity index (χ2n) is 4.69. The second kappa shape index (κ2) is 6.78. The topological polar surface area (TPSA) is 35.7 Å². The molecule has 1 atom stereocenters. The molecule has 0 radical (unpaired) electrons. The van der Waals surface area contributed by atoms with E-state index >= 15 is 0 Å². The zero-order valence-electron chi connectivity index (χ0n) is 11.9. The Kier molecular flexibility index (Phi) is 4.58. The molecule has 0 aliphatic carbocycles. The quantitative estimate of drug-likeness (QED) is 0.841. The summed E-state index contributed by atoms with van der Waals surface area (Å²) in [5.74, 6) is 2.72. The van der Waals surface area contributed by atoms with Gasteiger partial charge in [-0.25, -0.2) is 0 Å². The minimum absolute atomic E-state index is 0.152. The lowest BCUT2D eigenvalue weighted by Gasteiger charge is -2.32. The van der Waals surface area contributed by atoms with Gasteiger partial charge in [-0.05, 0) is 47.3 Å². The van der Waals surface area contributed by atoms with Gasteiger partial charge in [-0.3, -0.25) is 4.99 Å². The number of ether oxygens (including phenoxy) is 1. The molecule has 3 nitrogen and oxygen atoms in total. The highest BCUT2D eigenvalue weighted by Gasteiger charge is 2.13. The predicted molar refractivity (Wildman–Crippen MR) is 89.9 cm³/mol. The highest BCUT2D eigenvalue weighted by atomic mass is 32.2. The minimum Gasteiger partial charge on any atom is -0.648 e. The molecule has 1 heterocycles. The van der Waals surface area contributed by atoms with E-state index in [9.17, 15) is 0 Å². The Bertz CT molecular complexity index is 610. The van der Waals surface area contributed by atoms with Crippen LogP contribution in [0, 0.1) is 0 Å². The number of para-hydroxylation sites is 1. The first-order chi connectivity index (χ1) is 10.4. The van der Waals surface area contributed by atoms with Gasteiger partial charge in [0, 0.05) is 18.0 Å². The van der Waals surface area contributed by atoms with E-state index in [4.69, 9.17) is 4.74 Å². The molecule has 0 saturated heterocycles. The van der Waals surface area contributed by atoms with Crippen molar-refractivity contribution in [1.29, 1.82) is 0 Å². The van der Waals surface area contributed by atoms with E-state index in [1.54, 1.807) is 0 Å². The van der Waals surface area contributed by atoms with Crippen molar-refractivity contribution in [3.63, 3.8) is 0 Å². The molecule has 0 amide bonds. The van der Waals surface area contributed by atoms with Gasteiger partial charge in [0.2, 0.25) is 0 Å². The van der Waals surface area contributed by atoms with Crippen LogP contribution in [0.3, 0.4) is 0 Å². The molecule has 21 heavy (non-hydrogen) atoms. The summed E-state index contributed by atoms with van der Waals surface area (Å²) < 4.78 is 5.81. The van der Waals surface area contributed by atoms with Crippen LogP contribution < -0.4 is 4.74 Å². The van der Waals surface area contributed by atoms with Crippen LogP contribution in [0.15, 0.2) is 59.6 Å². The number of benzene rings is 2. The summed E-state index contributed by atoms with van der Waals surface area (Å²) in [6.07, 6.45) is 0. The third-order valence-electron chi connectivity index (χ3n) is 3.25. The van der Waals surface area contributed by atoms with E-state index in [2.05, 4.69) is 22.4 Å². The van der Waals surface area contributed by atoms with Gasteiger partial charge < -0.3 is 10.1 Å². The van der Waals surface area contributed by atoms with Gasteiger partial charge in [-0.15, -0.1) is 0 Å². The fraction of sp³-hybridized carbons (Fsp3) is 0.235. The molecule has 4 heteroatoms. The fourth-order valence-corrected chi connectivity index (χ4v) is 3.17. The predicted octanol–water partition coefficient (Wildman–Crippen LogP) is 4.34. The summed E-state index contributed by atoms with van der Waals surface area (Å²) in [6, 6.07) is 17.9. The van der Waals surface area contributed by atoms with Gasteiger partial charge in [-0.1, -0.05) is 18.2 Å². The van der Waals surface area contributed by atoms with Crippen LogP contribution >= 0.6 is 11.8 Å². The van der Waals surface area contributed by atoms with Gasteiger partial charge in [0.1, 0.15) is 11.5 Å². The number of rotatable bonds is 4. The van der Waals surface area contributed by atoms with Crippen LogP contribution in [-0.4, -0.2) is 30.4 Å². The van der Waals surface area contributed by atoms with Crippen molar-refractivity contribution in [3.8, 4) is 11.5 Å². The molecule has 3 rings (SSSR count). The van der Waals surface area contributed by atoms with E-state index < -0.39 is 0 Å². The van der Waals surface area contributed by atoms with Crippen LogP contribution in [0.2, 0.25) is 0 Å². The van der Waals surface area contributed by atoms with Crippen molar-refractivity contribution in [1.82, 2.24) is 0 Å². The van der Waals surface area contributed by atoms with Crippen molar-refractivity contribution in [2.24, 2.45) is 4.99 Å². The Morgan fingerprint density at radius 1 is 1.05 bits per heavy atom. The Labute approximate surface area is 129 Å². The number of aliphatic imine (C=N–C) groups is 1. The molecular formula is C17H17N2OS-. The molecule has 0 aromatic heterocycles. The zero-order chi connectivity index (χ0) is 14.5. The highest BCUT2D eigenvalue weighted by molar-refractivity contribution is 8.00. The minimum atomic E-state index is 0.152. The molecule has 2 aromatic rings. The Morgan fingerprint density at radius 2 is 1.76 bits per heavy atom. The number of hydrogen-bond acceptors (Lipinski definition) is 3. The third kappa shape index (κ3) is 3.46. The van der Waals surface area contributed by atoms with E-state index in [1.165, 1.54) is 0 Å².